The number of morpholine rings is 1. The molecule has 2 heterocycles. The van der Waals surface area contributed by atoms with Crippen LogP contribution >= 0.6 is 0 Å². The summed E-state index contributed by atoms with van der Waals surface area (Å²) < 4.78 is 11.1. The molecule has 3 rings (SSSR count). The highest BCUT2D eigenvalue weighted by Gasteiger charge is 2.25. The summed E-state index contributed by atoms with van der Waals surface area (Å²) in [5.41, 5.74) is 2.69. The van der Waals surface area contributed by atoms with Crippen molar-refractivity contribution in [1.29, 1.82) is 0 Å². The summed E-state index contributed by atoms with van der Waals surface area (Å²) in [6, 6.07) is 10.2. The highest BCUT2D eigenvalue weighted by Crippen LogP contribution is 2.21. The van der Waals surface area contributed by atoms with Crippen molar-refractivity contribution >= 4 is 11.7 Å². The maximum absolute atomic E-state index is 12.6. The summed E-state index contributed by atoms with van der Waals surface area (Å²) in [5, 5.41) is 6.88. The van der Waals surface area contributed by atoms with Crippen LogP contribution in [0.3, 0.4) is 0 Å². The van der Waals surface area contributed by atoms with Gasteiger partial charge in [0.15, 0.2) is 5.76 Å². The fourth-order valence-electron chi connectivity index (χ4n) is 3.05. The Morgan fingerprint density at radius 1 is 1.36 bits per heavy atom. The molecule has 1 aromatic carbocycles. The van der Waals surface area contributed by atoms with Crippen molar-refractivity contribution in [3.63, 3.8) is 0 Å². The first kappa shape index (κ1) is 17.5. The second kappa shape index (κ2) is 8.16. The molecule has 0 radical (unpaired) electrons. The van der Waals surface area contributed by atoms with Crippen LogP contribution in [-0.2, 0) is 17.6 Å². The molecule has 2 amide bonds. The van der Waals surface area contributed by atoms with Crippen molar-refractivity contribution in [3.05, 3.63) is 47.3 Å². The van der Waals surface area contributed by atoms with Crippen molar-refractivity contribution in [3.8, 4) is 0 Å². The second-order valence-corrected chi connectivity index (χ2v) is 6.31. The largest absolute Gasteiger partial charge is 0.375 e. The zero-order valence-electron chi connectivity index (χ0n) is 14.8. The van der Waals surface area contributed by atoms with Gasteiger partial charge in [0.1, 0.15) is 11.4 Å². The quantitative estimate of drug-likeness (QED) is 0.903. The summed E-state index contributed by atoms with van der Waals surface area (Å²) in [7, 11) is 0. The molecule has 1 atom stereocenters. The van der Waals surface area contributed by atoms with Gasteiger partial charge in [-0.2, -0.15) is 0 Å². The van der Waals surface area contributed by atoms with Crippen LogP contribution in [-0.4, -0.2) is 41.9 Å². The van der Waals surface area contributed by atoms with E-state index in [1.807, 2.05) is 36.9 Å². The minimum absolute atomic E-state index is 0.0638. The molecule has 1 aliphatic heterocycles. The van der Waals surface area contributed by atoms with E-state index in [-0.39, 0.29) is 12.1 Å². The van der Waals surface area contributed by atoms with Gasteiger partial charge in [0.05, 0.1) is 12.7 Å². The zero-order valence-corrected chi connectivity index (χ0v) is 14.8. The molecule has 1 aliphatic rings. The van der Waals surface area contributed by atoms with Gasteiger partial charge in [0, 0.05) is 19.5 Å². The fraction of sp³-hybridized carbons (Fsp3) is 0.474. The standard InChI is InChI=1S/C19H25N3O3/c1-3-17-18(14(2)21-25-17)20-19(23)22-11-12-24-16(13-22)10-9-15-7-5-4-6-8-15/h4-8,16H,3,9-13H2,1-2H3,(H,20,23)/t16-/m1/s1. The molecular weight excluding hydrogens is 318 g/mol. The normalized spacial score (nSPS) is 17.5. The number of anilines is 1. The number of ether oxygens (including phenoxy) is 1. The zero-order chi connectivity index (χ0) is 17.6. The van der Waals surface area contributed by atoms with Crippen LogP contribution in [0.4, 0.5) is 10.5 Å². The van der Waals surface area contributed by atoms with Gasteiger partial charge in [-0.05, 0) is 25.3 Å². The second-order valence-electron chi connectivity index (χ2n) is 6.31. The summed E-state index contributed by atoms with van der Waals surface area (Å²) in [6.07, 6.45) is 2.61. The molecule has 0 spiro atoms. The van der Waals surface area contributed by atoms with Crippen molar-refractivity contribution < 1.29 is 14.1 Å². The third-order valence-electron chi connectivity index (χ3n) is 4.51. The van der Waals surface area contributed by atoms with E-state index in [4.69, 9.17) is 9.26 Å². The minimum atomic E-state index is -0.117. The Balaban J connectivity index is 1.55. The van der Waals surface area contributed by atoms with E-state index in [9.17, 15) is 4.79 Å². The van der Waals surface area contributed by atoms with Crippen molar-refractivity contribution in [1.82, 2.24) is 10.1 Å². The van der Waals surface area contributed by atoms with Crippen molar-refractivity contribution in [2.45, 2.75) is 39.2 Å². The van der Waals surface area contributed by atoms with E-state index in [0.717, 1.165) is 12.8 Å². The summed E-state index contributed by atoms with van der Waals surface area (Å²) in [6.45, 7) is 5.57. The number of hydrogen-bond acceptors (Lipinski definition) is 4. The highest BCUT2D eigenvalue weighted by atomic mass is 16.5. The number of urea groups is 1. The van der Waals surface area contributed by atoms with E-state index in [1.165, 1.54) is 5.56 Å². The lowest BCUT2D eigenvalue weighted by Crippen LogP contribution is -2.47. The average molecular weight is 343 g/mol. The van der Waals surface area contributed by atoms with Gasteiger partial charge in [-0.1, -0.05) is 42.4 Å². The molecule has 0 saturated carbocycles. The number of aromatic nitrogens is 1. The third kappa shape index (κ3) is 4.39. The lowest BCUT2D eigenvalue weighted by atomic mass is 10.1. The van der Waals surface area contributed by atoms with Gasteiger partial charge < -0.3 is 19.5 Å². The van der Waals surface area contributed by atoms with Crippen LogP contribution in [0.1, 0.15) is 30.4 Å². The van der Waals surface area contributed by atoms with Gasteiger partial charge in [-0.15, -0.1) is 0 Å². The number of amides is 2. The topological polar surface area (TPSA) is 67.6 Å². The Labute approximate surface area is 148 Å². The number of carbonyl (C=O) groups is 1. The Hall–Kier alpha value is -2.34. The first-order chi connectivity index (χ1) is 12.2. The van der Waals surface area contributed by atoms with Crippen molar-refractivity contribution in [2.75, 3.05) is 25.0 Å². The summed E-state index contributed by atoms with van der Waals surface area (Å²) in [5.74, 6) is 0.708. The molecule has 1 saturated heterocycles. The average Bonchev–Trinajstić information content (AvgIpc) is 3.01. The summed E-state index contributed by atoms with van der Waals surface area (Å²) >= 11 is 0. The number of rotatable bonds is 5. The molecule has 1 N–H and O–H groups in total. The lowest BCUT2D eigenvalue weighted by molar-refractivity contribution is -0.0157. The predicted molar refractivity (Wildman–Crippen MR) is 95.7 cm³/mol. The Morgan fingerprint density at radius 2 is 2.16 bits per heavy atom. The number of nitrogens with zero attached hydrogens (tertiary/aromatic N) is 2. The number of carbonyl (C=O) groups excluding carboxylic acids is 1. The maximum Gasteiger partial charge on any atom is 0.322 e. The van der Waals surface area contributed by atoms with Crippen LogP contribution < -0.4 is 5.32 Å². The SMILES string of the molecule is CCc1onc(C)c1NC(=O)N1CCO[C@H](CCc2ccccc2)C1. The number of benzene rings is 1. The molecule has 2 aromatic rings. The molecule has 0 unspecified atom stereocenters. The predicted octanol–water partition coefficient (Wildman–Crippen LogP) is 3.41. The smallest absolute Gasteiger partial charge is 0.322 e. The van der Waals surface area contributed by atoms with E-state index < -0.39 is 0 Å². The summed E-state index contributed by atoms with van der Waals surface area (Å²) in [4.78, 5) is 14.4. The molecule has 6 heteroatoms. The monoisotopic (exact) mass is 343 g/mol. The van der Waals surface area contributed by atoms with E-state index in [0.29, 0.717) is 43.3 Å². The van der Waals surface area contributed by atoms with Crippen LogP contribution in [0.25, 0.3) is 0 Å². The Morgan fingerprint density at radius 3 is 2.92 bits per heavy atom. The van der Waals surface area contributed by atoms with E-state index in [1.54, 1.807) is 0 Å². The number of aryl methyl sites for hydroxylation is 3. The van der Waals surface area contributed by atoms with Gasteiger partial charge >= 0.3 is 6.03 Å². The fourth-order valence-corrected chi connectivity index (χ4v) is 3.05. The van der Waals surface area contributed by atoms with Gasteiger partial charge in [0.2, 0.25) is 0 Å². The molecular formula is C19H25N3O3. The maximum atomic E-state index is 12.6. The molecule has 25 heavy (non-hydrogen) atoms. The van der Waals surface area contributed by atoms with Crippen LogP contribution in [0.2, 0.25) is 0 Å². The molecule has 134 valence electrons. The Bertz CT molecular complexity index is 699. The Kier molecular flexibility index (Phi) is 5.71. The molecule has 1 aromatic heterocycles. The molecule has 0 aliphatic carbocycles. The highest BCUT2D eigenvalue weighted by molar-refractivity contribution is 5.90. The van der Waals surface area contributed by atoms with Crippen molar-refractivity contribution in [2.24, 2.45) is 0 Å². The van der Waals surface area contributed by atoms with Crippen LogP contribution in [0, 0.1) is 6.92 Å². The molecule has 1 fully saturated rings. The minimum Gasteiger partial charge on any atom is -0.375 e. The first-order valence-electron chi connectivity index (χ1n) is 8.84. The van der Waals surface area contributed by atoms with Crippen LogP contribution in [0.15, 0.2) is 34.9 Å². The van der Waals surface area contributed by atoms with Gasteiger partial charge in [-0.3, -0.25) is 0 Å². The van der Waals surface area contributed by atoms with Gasteiger partial charge in [0.25, 0.3) is 0 Å². The van der Waals surface area contributed by atoms with Crippen LogP contribution in [0.5, 0.6) is 0 Å². The number of nitrogens with one attached hydrogen (secondary N) is 1. The third-order valence-corrected chi connectivity index (χ3v) is 4.51. The van der Waals surface area contributed by atoms with E-state index in [2.05, 4.69) is 22.6 Å². The van der Waals surface area contributed by atoms with Gasteiger partial charge in [-0.25, -0.2) is 4.79 Å². The van der Waals surface area contributed by atoms with E-state index >= 15 is 0 Å². The molecule has 6 nitrogen and oxygen atoms in total. The molecule has 0 bridgehead atoms. The number of hydrogen-bond donors (Lipinski definition) is 1. The first-order valence-corrected chi connectivity index (χ1v) is 8.84. The lowest BCUT2D eigenvalue weighted by Gasteiger charge is -2.33.